The molecular weight excluding hydrogens is 362 g/mol. The van der Waals surface area contributed by atoms with Gasteiger partial charge in [0.1, 0.15) is 5.75 Å². The van der Waals surface area contributed by atoms with E-state index in [4.69, 9.17) is 21.9 Å². The summed E-state index contributed by atoms with van der Waals surface area (Å²) in [5.41, 5.74) is 2.02. The maximum Gasteiger partial charge on any atom is 0.173 e. The van der Waals surface area contributed by atoms with Crippen LogP contribution in [0.4, 0.5) is 5.69 Å². The molecule has 4 rings (SSSR count). The van der Waals surface area contributed by atoms with Gasteiger partial charge in [-0.1, -0.05) is 24.3 Å². The summed E-state index contributed by atoms with van der Waals surface area (Å²) in [6, 6.07) is 16.2. The largest absolute Gasteiger partial charge is 0.495 e. The number of hydrogen-bond acceptors (Lipinski definition) is 4. The predicted molar refractivity (Wildman–Crippen MR) is 112 cm³/mol. The number of nitrogens with one attached hydrogen (secondary N) is 1. The molecule has 4 nitrogen and oxygen atoms in total. The second-order valence-electron chi connectivity index (χ2n) is 6.41. The number of likely N-dealkylation sites (tertiary alicyclic amines) is 1. The van der Waals surface area contributed by atoms with E-state index in [1.165, 1.54) is 9.71 Å². The summed E-state index contributed by atoms with van der Waals surface area (Å²) in [4.78, 5) is 7.07. The molecule has 0 saturated carbocycles. The van der Waals surface area contributed by atoms with Crippen molar-refractivity contribution >= 4 is 44.6 Å². The van der Waals surface area contributed by atoms with E-state index < -0.39 is 0 Å². The van der Waals surface area contributed by atoms with Crippen molar-refractivity contribution in [1.29, 1.82) is 0 Å². The molecule has 0 unspecified atom stereocenters. The number of benzene rings is 2. The number of hydrogen-bond donors (Lipinski definition) is 1. The van der Waals surface area contributed by atoms with Crippen LogP contribution in [-0.2, 0) is 0 Å². The zero-order valence-electron chi connectivity index (χ0n) is 14.6. The number of piperidine rings is 1. The molecule has 2 heterocycles. The average Bonchev–Trinajstić information content (AvgIpc) is 3.13. The van der Waals surface area contributed by atoms with Crippen LogP contribution in [0.3, 0.4) is 0 Å². The molecule has 26 heavy (non-hydrogen) atoms. The third-order valence-electron chi connectivity index (χ3n) is 4.79. The predicted octanol–water partition coefficient (Wildman–Crippen LogP) is 4.88. The van der Waals surface area contributed by atoms with Gasteiger partial charge in [-0.05, 0) is 49.3 Å². The number of fused-ring (bicyclic) bond motifs is 1. The summed E-state index contributed by atoms with van der Waals surface area (Å²) in [5, 5.41) is 5.35. The van der Waals surface area contributed by atoms with Crippen molar-refractivity contribution in [1.82, 2.24) is 9.88 Å². The van der Waals surface area contributed by atoms with E-state index >= 15 is 0 Å². The third-order valence-corrected chi connectivity index (χ3v) is 6.35. The zero-order valence-corrected chi connectivity index (χ0v) is 16.3. The Morgan fingerprint density at radius 2 is 1.88 bits per heavy atom. The molecule has 0 atom stereocenters. The maximum atomic E-state index is 5.62. The quantitative estimate of drug-likeness (QED) is 0.653. The summed E-state index contributed by atoms with van der Waals surface area (Å²) >= 11 is 7.44. The molecule has 0 amide bonds. The Kier molecular flexibility index (Phi) is 5.04. The lowest BCUT2D eigenvalue weighted by molar-refractivity contribution is 0.316. The topological polar surface area (TPSA) is 37.4 Å². The Labute approximate surface area is 162 Å². The number of nitrogens with zero attached hydrogens (tertiary/aromatic N) is 2. The van der Waals surface area contributed by atoms with Gasteiger partial charge in [0, 0.05) is 19.0 Å². The van der Waals surface area contributed by atoms with E-state index in [0.29, 0.717) is 5.92 Å². The van der Waals surface area contributed by atoms with Gasteiger partial charge in [-0.25, -0.2) is 4.98 Å². The van der Waals surface area contributed by atoms with Gasteiger partial charge in [0.15, 0.2) is 5.11 Å². The van der Waals surface area contributed by atoms with Crippen molar-refractivity contribution in [3.63, 3.8) is 0 Å². The minimum absolute atomic E-state index is 0.526. The van der Waals surface area contributed by atoms with E-state index in [1.807, 2.05) is 35.6 Å². The van der Waals surface area contributed by atoms with Gasteiger partial charge in [-0.2, -0.15) is 0 Å². The highest BCUT2D eigenvalue weighted by molar-refractivity contribution is 7.80. The van der Waals surface area contributed by atoms with Crippen molar-refractivity contribution in [2.24, 2.45) is 0 Å². The first-order chi connectivity index (χ1) is 12.7. The second kappa shape index (κ2) is 7.60. The normalized spacial score (nSPS) is 15.2. The lowest BCUT2D eigenvalue weighted by Crippen LogP contribution is -2.40. The van der Waals surface area contributed by atoms with Crippen LogP contribution in [0.2, 0.25) is 0 Å². The maximum absolute atomic E-state index is 5.62. The highest BCUT2D eigenvalue weighted by atomic mass is 32.1. The van der Waals surface area contributed by atoms with Gasteiger partial charge in [0.05, 0.1) is 28.0 Å². The fourth-order valence-corrected chi connectivity index (χ4v) is 4.77. The number of para-hydroxylation sites is 3. The minimum Gasteiger partial charge on any atom is -0.495 e. The molecule has 0 radical (unpaired) electrons. The fourth-order valence-electron chi connectivity index (χ4n) is 3.34. The number of methoxy groups -OCH3 is 1. The highest BCUT2D eigenvalue weighted by Crippen LogP contribution is 2.34. The molecule has 0 bridgehead atoms. The van der Waals surface area contributed by atoms with E-state index in [2.05, 4.69) is 34.5 Å². The lowest BCUT2D eigenvalue weighted by Gasteiger charge is -2.33. The Bertz CT molecular complexity index is 883. The smallest absolute Gasteiger partial charge is 0.173 e. The van der Waals surface area contributed by atoms with Crippen LogP contribution in [0.15, 0.2) is 48.5 Å². The average molecular weight is 384 g/mol. The Hall–Kier alpha value is -2.18. The van der Waals surface area contributed by atoms with Crippen molar-refractivity contribution in [3.8, 4) is 5.75 Å². The molecule has 1 aliphatic heterocycles. The second-order valence-corrected chi connectivity index (χ2v) is 7.86. The van der Waals surface area contributed by atoms with Gasteiger partial charge in [0.25, 0.3) is 0 Å². The summed E-state index contributed by atoms with van der Waals surface area (Å²) in [6.45, 7) is 1.89. The van der Waals surface area contributed by atoms with Crippen molar-refractivity contribution in [2.75, 3.05) is 25.5 Å². The number of rotatable bonds is 3. The first-order valence-electron chi connectivity index (χ1n) is 8.79. The van der Waals surface area contributed by atoms with Crippen LogP contribution in [-0.4, -0.2) is 35.2 Å². The SMILES string of the molecule is COc1ccccc1NC(=S)N1CCC(c2nc3ccccc3s2)CC1. The molecule has 3 aromatic rings. The molecular formula is C20H21N3OS2. The Morgan fingerprint density at radius 3 is 2.65 bits per heavy atom. The first-order valence-corrected chi connectivity index (χ1v) is 10.0. The van der Waals surface area contributed by atoms with Crippen LogP contribution >= 0.6 is 23.6 Å². The van der Waals surface area contributed by atoms with Crippen LogP contribution in [0.5, 0.6) is 5.75 Å². The summed E-state index contributed by atoms with van der Waals surface area (Å²) in [6.07, 6.45) is 2.15. The van der Waals surface area contributed by atoms with Gasteiger partial charge >= 0.3 is 0 Å². The number of aromatic nitrogens is 1. The first kappa shape index (κ1) is 17.2. The summed E-state index contributed by atoms with van der Waals surface area (Å²) in [5.74, 6) is 1.33. The molecule has 1 aliphatic rings. The molecule has 6 heteroatoms. The molecule has 0 aliphatic carbocycles. The van der Waals surface area contributed by atoms with E-state index in [1.54, 1.807) is 7.11 Å². The van der Waals surface area contributed by atoms with Crippen molar-refractivity contribution in [3.05, 3.63) is 53.5 Å². The monoisotopic (exact) mass is 383 g/mol. The van der Waals surface area contributed by atoms with Gasteiger partial charge < -0.3 is 15.0 Å². The number of thiocarbonyl (C=S) groups is 1. The third kappa shape index (κ3) is 3.52. The minimum atomic E-state index is 0.526. The Morgan fingerprint density at radius 1 is 1.15 bits per heavy atom. The molecule has 0 spiro atoms. The van der Waals surface area contributed by atoms with E-state index in [9.17, 15) is 0 Å². The van der Waals surface area contributed by atoms with Gasteiger partial charge in [-0.15, -0.1) is 11.3 Å². The lowest BCUT2D eigenvalue weighted by atomic mass is 9.98. The van der Waals surface area contributed by atoms with Crippen LogP contribution < -0.4 is 10.1 Å². The fraction of sp³-hybridized carbons (Fsp3) is 0.300. The molecule has 1 saturated heterocycles. The summed E-state index contributed by atoms with van der Waals surface area (Å²) in [7, 11) is 1.67. The molecule has 1 aromatic heterocycles. The Balaban J connectivity index is 1.39. The van der Waals surface area contributed by atoms with Crippen molar-refractivity contribution < 1.29 is 4.74 Å². The molecule has 134 valence electrons. The van der Waals surface area contributed by atoms with Gasteiger partial charge in [-0.3, -0.25) is 0 Å². The molecule has 1 N–H and O–H groups in total. The highest BCUT2D eigenvalue weighted by Gasteiger charge is 2.24. The standard InChI is InChI=1S/C20H21N3OS2/c1-24-17-8-4-2-6-15(17)22-20(25)23-12-10-14(11-13-23)19-21-16-7-3-5-9-18(16)26-19/h2-9,14H,10-13H2,1H3,(H,22,25). The summed E-state index contributed by atoms with van der Waals surface area (Å²) < 4.78 is 6.67. The van der Waals surface area contributed by atoms with Crippen molar-refractivity contribution in [2.45, 2.75) is 18.8 Å². The van der Waals surface area contributed by atoms with Gasteiger partial charge in [0.2, 0.25) is 0 Å². The molecule has 1 fully saturated rings. The van der Waals surface area contributed by atoms with Crippen LogP contribution in [0.25, 0.3) is 10.2 Å². The molecule has 2 aromatic carbocycles. The van der Waals surface area contributed by atoms with E-state index in [-0.39, 0.29) is 0 Å². The zero-order chi connectivity index (χ0) is 17.9. The van der Waals surface area contributed by atoms with Crippen LogP contribution in [0, 0.1) is 0 Å². The number of ether oxygens (including phenoxy) is 1. The number of anilines is 1. The van der Waals surface area contributed by atoms with E-state index in [0.717, 1.165) is 48.0 Å². The van der Waals surface area contributed by atoms with Crippen LogP contribution in [0.1, 0.15) is 23.8 Å². The number of thiazole rings is 1.